The number of benzene rings is 1. The molecule has 1 saturated heterocycles. The molecular formula is C27H31Cl4FN4O2. The molecule has 0 radical (unpaired) electrons. The zero-order valence-electron chi connectivity index (χ0n) is 20.9. The third kappa shape index (κ3) is 6.62. The van der Waals surface area contributed by atoms with Gasteiger partial charge in [-0.05, 0) is 69.2 Å². The Labute approximate surface area is 244 Å². The van der Waals surface area contributed by atoms with Crippen LogP contribution in [0.1, 0.15) is 49.4 Å². The van der Waals surface area contributed by atoms with Gasteiger partial charge in [0.2, 0.25) is 0 Å². The summed E-state index contributed by atoms with van der Waals surface area (Å²) < 4.78 is 13.5. The third-order valence-corrected chi connectivity index (χ3v) is 7.91. The number of rotatable bonds is 6. The van der Waals surface area contributed by atoms with Crippen molar-refractivity contribution >= 4 is 70.5 Å². The molecular weight excluding hydrogens is 573 g/mol. The normalized spacial score (nSPS) is 21.5. The number of hydrogen-bond donors (Lipinski definition) is 2. The Balaban J connectivity index is 0.00000200. The van der Waals surface area contributed by atoms with Crippen LogP contribution in [0, 0.1) is 5.92 Å². The van der Waals surface area contributed by atoms with Crippen LogP contribution in [0.5, 0.6) is 5.75 Å². The lowest BCUT2D eigenvalue weighted by Gasteiger charge is -2.32. The predicted molar refractivity (Wildman–Crippen MR) is 156 cm³/mol. The third-order valence-electron chi connectivity index (χ3n) is 7.33. The van der Waals surface area contributed by atoms with E-state index in [-0.39, 0.29) is 52.4 Å². The van der Waals surface area contributed by atoms with Crippen molar-refractivity contribution in [2.75, 3.05) is 25.0 Å². The van der Waals surface area contributed by atoms with Crippen LogP contribution in [-0.4, -0.2) is 57.6 Å². The molecule has 2 aliphatic rings. The maximum Gasteiger partial charge on any atom is 0.163 e. The summed E-state index contributed by atoms with van der Waals surface area (Å²) in [7, 11) is 0. The summed E-state index contributed by atoms with van der Waals surface area (Å²) in [5.41, 5.74) is 3.73. The van der Waals surface area contributed by atoms with Gasteiger partial charge in [0.05, 0.1) is 32.5 Å². The first-order chi connectivity index (χ1) is 17.3. The number of halogens is 5. The summed E-state index contributed by atoms with van der Waals surface area (Å²) in [6.07, 6.45) is 5.65. The predicted octanol–water partition coefficient (Wildman–Crippen LogP) is 7.37. The Kier molecular flexibility index (Phi) is 10.5. The van der Waals surface area contributed by atoms with Gasteiger partial charge >= 0.3 is 0 Å². The molecule has 3 aromatic rings. The lowest BCUT2D eigenvalue weighted by atomic mass is 9.85. The highest BCUT2D eigenvalue weighted by Gasteiger charge is 2.28. The molecule has 0 amide bonds. The minimum Gasteiger partial charge on any atom is -0.505 e. The molecule has 1 aliphatic heterocycles. The van der Waals surface area contributed by atoms with Gasteiger partial charge in [-0.1, -0.05) is 23.2 Å². The van der Waals surface area contributed by atoms with Crippen LogP contribution in [0.15, 0.2) is 30.5 Å². The van der Waals surface area contributed by atoms with E-state index in [9.17, 15) is 14.3 Å². The van der Waals surface area contributed by atoms with Crippen molar-refractivity contribution in [2.45, 2.75) is 51.2 Å². The first-order valence-corrected chi connectivity index (χ1v) is 13.2. The van der Waals surface area contributed by atoms with Gasteiger partial charge in [0.15, 0.2) is 11.5 Å². The molecule has 5 rings (SSSR count). The van der Waals surface area contributed by atoms with Gasteiger partial charge in [0.25, 0.3) is 0 Å². The number of hydrogen-bond acceptors (Lipinski definition) is 6. The number of carbonyl (C=O) groups is 1. The molecule has 3 heterocycles. The van der Waals surface area contributed by atoms with Crippen LogP contribution in [0.3, 0.4) is 0 Å². The number of phenolic OH excluding ortho intramolecular Hbond substituents is 1. The number of pyridine rings is 2. The van der Waals surface area contributed by atoms with E-state index in [4.69, 9.17) is 28.2 Å². The van der Waals surface area contributed by atoms with Crippen molar-refractivity contribution in [1.82, 2.24) is 14.9 Å². The summed E-state index contributed by atoms with van der Waals surface area (Å²) >= 11 is 12.3. The largest absolute Gasteiger partial charge is 0.505 e. The number of aromatic hydroxyl groups is 1. The van der Waals surface area contributed by atoms with E-state index < -0.39 is 6.17 Å². The average molecular weight is 604 g/mol. The number of aromatic nitrogens is 2. The smallest absolute Gasteiger partial charge is 0.163 e. The molecule has 1 atom stereocenters. The zero-order chi connectivity index (χ0) is 25.4. The van der Waals surface area contributed by atoms with Crippen LogP contribution < -0.4 is 5.32 Å². The SMILES string of the molecule is CC(=O)c1cnc2ccc(-c3cc(Cl)c(O)c(Cl)c3)nc2c1NC1CCC(CN2CC[C@@H](F)C2)CC1.Cl.Cl. The molecule has 2 fully saturated rings. The molecule has 1 aliphatic carbocycles. The van der Waals surface area contributed by atoms with Crippen LogP contribution in [0.4, 0.5) is 10.1 Å². The number of Topliss-reactive ketones (excluding diaryl/α,β-unsaturated/α-hetero) is 1. The fourth-order valence-electron chi connectivity index (χ4n) is 5.36. The number of phenols is 1. The van der Waals surface area contributed by atoms with Gasteiger partial charge in [-0.15, -0.1) is 24.8 Å². The Morgan fingerprint density at radius 2 is 1.82 bits per heavy atom. The van der Waals surface area contributed by atoms with Crippen LogP contribution >= 0.6 is 48.0 Å². The number of likely N-dealkylation sites (tertiary alicyclic amines) is 1. The Hall–Kier alpha value is -1.90. The quantitative estimate of drug-likeness (QED) is 0.286. The fraction of sp³-hybridized carbons (Fsp3) is 0.444. The summed E-state index contributed by atoms with van der Waals surface area (Å²) in [5.74, 6) is 0.317. The van der Waals surface area contributed by atoms with Gasteiger partial charge in [0, 0.05) is 37.4 Å². The second-order valence-corrected chi connectivity index (χ2v) is 10.8. The van der Waals surface area contributed by atoms with E-state index in [0.717, 1.165) is 38.8 Å². The van der Waals surface area contributed by atoms with Gasteiger partial charge in [-0.2, -0.15) is 0 Å². The van der Waals surface area contributed by atoms with Crippen molar-refractivity contribution in [2.24, 2.45) is 5.92 Å². The van der Waals surface area contributed by atoms with E-state index in [1.807, 2.05) is 12.1 Å². The minimum atomic E-state index is -0.681. The highest BCUT2D eigenvalue weighted by atomic mass is 35.5. The van der Waals surface area contributed by atoms with Gasteiger partial charge in [-0.25, -0.2) is 9.37 Å². The van der Waals surface area contributed by atoms with Crippen LogP contribution in [0.25, 0.3) is 22.3 Å². The number of nitrogens with zero attached hydrogens (tertiary/aromatic N) is 3. The van der Waals surface area contributed by atoms with Crippen molar-refractivity contribution in [3.63, 3.8) is 0 Å². The second-order valence-electron chi connectivity index (χ2n) is 9.96. The van der Waals surface area contributed by atoms with Crippen molar-refractivity contribution in [1.29, 1.82) is 0 Å². The fourth-order valence-corrected chi connectivity index (χ4v) is 5.85. The highest BCUT2D eigenvalue weighted by molar-refractivity contribution is 6.37. The topological polar surface area (TPSA) is 78.3 Å². The van der Waals surface area contributed by atoms with E-state index >= 15 is 0 Å². The average Bonchev–Trinajstić information content (AvgIpc) is 3.27. The highest BCUT2D eigenvalue weighted by Crippen LogP contribution is 2.37. The molecule has 2 N–H and O–H groups in total. The van der Waals surface area contributed by atoms with Crippen molar-refractivity contribution in [3.05, 3.63) is 46.1 Å². The monoisotopic (exact) mass is 602 g/mol. The Morgan fingerprint density at radius 3 is 2.42 bits per heavy atom. The standard InChI is InChI=1S/C27H29Cl2FN4O2.2ClH/c1-15(35)20-12-31-24-7-6-23(17-10-21(28)27(36)22(29)11-17)33-26(24)25(20)32-19-4-2-16(3-5-19)13-34-9-8-18(30)14-34;;/h6-7,10-12,16,18-19,36H,2-5,8-9,13-14H2,1H3,(H,31,32);2*1H/t16?,18-,19?;;/m1../s1. The number of nitrogens with one attached hydrogen (secondary N) is 1. The second kappa shape index (κ2) is 13.0. The minimum absolute atomic E-state index is 0. The molecule has 0 unspecified atom stereocenters. The Bertz CT molecular complexity index is 1280. The molecule has 6 nitrogen and oxygen atoms in total. The molecule has 1 aromatic carbocycles. The lowest BCUT2D eigenvalue weighted by Crippen LogP contribution is -2.33. The summed E-state index contributed by atoms with van der Waals surface area (Å²) in [6.45, 7) is 3.92. The molecule has 2 aromatic heterocycles. The van der Waals surface area contributed by atoms with Gasteiger partial charge < -0.3 is 15.3 Å². The van der Waals surface area contributed by atoms with E-state index in [0.29, 0.717) is 52.4 Å². The van der Waals surface area contributed by atoms with E-state index in [1.165, 1.54) is 6.92 Å². The molecule has 11 heteroatoms. The van der Waals surface area contributed by atoms with Crippen LogP contribution in [-0.2, 0) is 0 Å². The molecule has 1 saturated carbocycles. The van der Waals surface area contributed by atoms with E-state index in [2.05, 4.69) is 15.2 Å². The summed E-state index contributed by atoms with van der Waals surface area (Å²) in [6, 6.07) is 7.10. The number of carbonyl (C=O) groups excluding carboxylic acids is 1. The Morgan fingerprint density at radius 1 is 1.13 bits per heavy atom. The maximum atomic E-state index is 13.5. The van der Waals surface area contributed by atoms with Gasteiger partial charge in [0.1, 0.15) is 11.7 Å². The maximum absolute atomic E-state index is 13.5. The van der Waals surface area contributed by atoms with Gasteiger partial charge in [-0.3, -0.25) is 9.78 Å². The molecule has 0 bridgehead atoms. The van der Waals surface area contributed by atoms with Crippen molar-refractivity contribution < 1.29 is 14.3 Å². The van der Waals surface area contributed by atoms with Crippen molar-refractivity contribution in [3.8, 4) is 17.0 Å². The number of alkyl halides is 1. The molecule has 38 heavy (non-hydrogen) atoms. The van der Waals surface area contributed by atoms with Crippen LogP contribution in [0.2, 0.25) is 10.0 Å². The molecule has 206 valence electrons. The van der Waals surface area contributed by atoms with E-state index in [1.54, 1.807) is 18.3 Å². The molecule has 0 spiro atoms. The summed E-state index contributed by atoms with van der Waals surface area (Å²) in [4.78, 5) is 24.1. The lowest BCUT2D eigenvalue weighted by molar-refractivity contribution is 0.101. The first-order valence-electron chi connectivity index (χ1n) is 12.4. The summed E-state index contributed by atoms with van der Waals surface area (Å²) in [5, 5.41) is 13.8. The number of anilines is 1. The first kappa shape index (κ1) is 30.6. The zero-order valence-corrected chi connectivity index (χ0v) is 24.1. The number of ketones is 1. The number of fused-ring (bicyclic) bond motifs is 1.